The van der Waals surface area contributed by atoms with Gasteiger partial charge in [-0.25, -0.2) is 10.6 Å². The summed E-state index contributed by atoms with van der Waals surface area (Å²) in [4.78, 5) is 10.5. The van der Waals surface area contributed by atoms with Gasteiger partial charge in [0, 0.05) is 0 Å². The fraction of sp³-hybridized carbons (Fsp3) is 0.300. The predicted molar refractivity (Wildman–Crippen MR) is 55.3 cm³/mol. The second kappa shape index (κ2) is 8.07. The molecule has 0 atom stereocenters. The molecule has 1 aromatic carbocycles. The van der Waals surface area contributed by atoms with Gasteiger partial charge in [0.2, 0.25) is 0 Å². The molecule has 1 amide bonds. The van der Waals surface area contributed by atoms with E-state index in [9.17, 15) is 4.79 Å². The summed E-state index contributed by atoms with van der Waals surface area (Å²) in [6.07, 6.45) is -0.626. The van der Waals surface area contributed by atoms with E-state index in [1.165, 1.54) is 0 Å². The number of hydrogen-bond donors (Lipinski definition) is 2. The van der Waals surface area contributed by atoms with E-state index in [4.69, 9.17) is 10.6 Å². The number of nitrogens with one attached hydrogen (secondary N) is 1. The highest BCUT2D eigenvalue weighted by Crippen LogP contribution is 1.99. The second-order valence-corrected chi connectivity index (χ2v) is 2.21. The van der Waals surface area contributed by atoms with Crippen LogP contribution in [0.2, 0.25) is 0 Å². The zero-order chi connectivity index (χ0) is 10.8. The van der Waals surface area contributed by atoms with Crippen molar-refractivity contribution in [2.24, 2.45) is 5.84 Å². The van der Waals surface area contributed by atoms with Crippen LogP contribution >= 0.6 is 0 Å². The van der Waals surface area contributed by atoms with E-state index < -0.39 is 6.09 Å². The number of carbonyl (C=O) groups excluding carboxylic acids is 1. The van der Waals surface area contributed by atoms with E-state index in [1.807, 2.05) is 49.6 Å². The summed E-state index contributed by atoms with van der Waals surface area (Å²) in [7, 11) is 0. The van der Waals surface area contributed by atoms with E-state index in [1.54, 1.807) is 0 Å². The number of carbonyl (C=O) groups is 1. The van der Waals surface area contributed by atoms with Gasteiger partial charge >= 0.3 is 6.09 Å². The van der Waals surface area contributed by atoms with Crippen molar-refractivity contribution >= 4 is 6.09 Å². The minimum absolute atomic E-state index is 0.240. The maximum absolute atomic E-state index is 10.5. The van der Waals surface area contributed by atoms with E-state index in [0.29, 0.717) is 0 Å². The first kappa shape index (κ1) is 12.4. The first-order chi connectivity index (χ1) is 6.83. The van der Waals surface area contributed by atoms with Crippen molar-refractivity contribution in [3.05, 3.63) is 35.9 Å². The number of hydrazine groups is 1. The van der Waals surface area contributed by atoms with Crippen molar-refractivity contribution in [2.45, 2.75) is 20.5 Å². The number of rotatable bonds is 2. The van der Waals surface area contributed by atoms with Gasteiger partial charge < -0.3 is 4.74 Å². The number of benzene rings is 1. The molecule has 0 aliphatic rings. The lowest BCUT2D eigenvalue weighted by molar-refractivity contribution is 0.140. The van der Waals surface area contributed by atoms with Crippen molar-refractivity contribution in [3.8, 4) is 0 Å². The Morgan fingerprint density at radius 1 is 1.36 bits per heavy atom. The molecule has 1 aromatic rings. The number of ether oxygens (including phenoxy) is 1. The molecular weight excluding hydrogens is 180 g/mol. The maximum Gasteiger partial charge on any atom is 0.421 e. The highest BCUT2D eigenvalue weighted by molar-refractivity contribution is 5.66. The Balaban J connectivity index is 0.000000791. The van der Waals surface area contributed by atoms with Crippen LogP contribution in [0, 0.1) is 0 Å². The quantitative estimate of drug-likeness (QED) is 0.430. The van der Waals surface area contributed by atoms with Gasteiger partial charge in [-0.2, -0.15) is 0 Å². The molecule has 0 saturated carbocycles. The molecule has 0 heterocycles. The smallest absolute Gasteiger partial charge is 0.421 e. The molecule has 0 aliphatic carbocycles. The molecule has 1 rings (SSSR count). The molecule has 0 unspecified atom stereocenters. The molecule has 0 saturated heterocycles. The van der Waals surface area contributed by atoms with Crippen molar-refractivity contribution in [2.75, 3.05) is 0 Å². The third-order valence-electron chi connectivity index (χ3n) is 1.33. The average Bonchev–Trinajstić information content (AvgIpc) is 2.30. The Labute approximate surface area is 84.0 Å². The molecule has 0 aliphatic heterocycles. The van der Waals surface area contributed by atoms with Crippen LogP contribution in [0.15, 0.2) is 30.3 Å². The van der Waals surface area contributed by atoms with Crippen LogP contribution in [0.3, 0.4) is 0 Å². The van der Waals surface area contributed by atoms with Gasteiger partial charge in [0.15, 0.2) is 0 Å². The summed E-state index contributed by atoms with van der Waals surface area (Å²) in [6, 6.07) is 9.37. The summed E-state index contributed by atoms with van der Waals surface area (Å²) in [6.45, 7) is 4.24. The molecule has 3 N–H and O–H groups in total. The van der Waals surface area contributed by atoms with Gasteiger partial charge in [0.25, 0.3) is 0 Å². The summed E-state index contributed by atoms with van der Waals surface area (Å²) in [5.74, 6) is 4.81. The molecule has 0 fully saturated rings. The van der Waals surface area contributed by atoms with E-state index in [2.05, 4.69) is 0 Å². The fourth-order valence-corrected chi connectivity index (χ4v) is 0.765. The van der Waals surface area contributed by atoms with Gasteiger partial charge in [-0.05, 0) is 5.56 Å². The van der Waals surface area contributed by atoms with Crippen LogP contribution in [-0.2, 0) is 11.3 Å². The molecule has 4 heteroatoms. The normalized spacial score (nSPS) is 8.21. The third-order valence-corrected chi connectivity index (χ3v) is 1.33. The van der Waals surface area contributed by atoms with E-state index in [-0.39, 0.29) is 6.61 Å². The summed E-state index contributed by atoms with van der Waals surface area (Å²) < 4.78 is 4.70. The first-order valence-corrected chi connectivity index (χ1v) is 4.50. The lowest BCUT2D eigenvalue weighted by Gasteiger charge is -2.02. The van der Waals surface area contributed by atoms with Crippen LogP contribution < -0.4 is 11.3 Å². The highest BCUT2D eigenvalue weighted by atomic mass is 16.5. The van der Waals surface area contributed by atoms with Gasteiger partial charge in [0.1, 0.15) is 6.61 Å². The number of amides is 1. The fourth-order valence-electron chi connectivity index (χ4n) is 0.765. The Morgan fingerprint density at radius 2 is 1.93 bits per heavy atom. The predicted octanol–water partition coefficient (Wildman–Crippen LogP) is 1.81. The second-order valence-electron chi connectivity index (χ2n) is 2.21. The Bertz CT molecular complexity index is 250. The lowest BCUT2D eigenvalue weighted by atomic mass is 10.2. The standard InChI is InChI=1S/C8H10N2O2.C2H6/c9-10-8(11)12-6-7-4-2-1-3-5-7;1-2/h1-5H,6,9H2,(H,10,11);1-2H3. The Hall–Kier alpha value is -1.55. The minimum Gasteiger partial charge on any atom is -0.444 e. The molecule has 0 radical (unpaired) electrons. The van der Waals surface area contributed by atoms with Crippen LogP contribution in [0.4, 0.5) is 4.79 Å². The van der Waals surface area contributed by atoms with E-state index in [0.717, 1.165) is 5.56 Å². The van der Waals surface area contributed by atoms with Crippen LogP contribution in [0.25, 0.3) is 0 Å². The minimum atomic E-state index is -0.626. The topological polar surface area (TPSA) is 64.3 Å². The third kappa shape index (κ3) is 5.16. The first-order valence-electron chi connectivity index (χ1n) is 4.50. The van der Waals surface area contributed by atoms with Gasteiger partial charge in [-0.3, -0.25) is 5.43 Å². The molecule has 0 bridgehead atoms. The highest BCUT2D eigenvalue weighted by Gasteiger charge is 1.97. The molecule has 0 spiro atoms. The number of nitrogens with two attached hydrogens (primary N) is 1. The summed E-state index contributed by atoms with van der Waals surface area (Å²) in [5.41, 5.74) is 2.81. The maximum atomic E-state index is 10.5. The van der Waals surface area contributed by atoms with Crippen molar-refractivity contribution in [1.82, 2.24) is 5.43 Å². The zero-order valence-electron chi connectivity index (χ0n) is 8.49. The van der Waals surface area contributed by atoms with Crippen LogP contribution in [-0.4, -0.2) is 6.09 Å². The van der Waals surface area contributed by atoms with Gasteiger partial charge in [0.05, 0.1) is 0 Å². The van der Waals surface area contributed by atoms with Gasteiger partial charge in [-0.1, -0.05) is 44.2 Å². The lowest BCUT2D eigenvalue weighted by Crippen LogP contribution is -2.30. The van der Waals surface area contributed by atoms with Crippen LogP contribution in [0.1, 0.15) is 19.4 Å². The SMILES string of the molecule is CC.NNC(=O)OCc1ccccc1. The van der Waals surface area contributed by atoms with Crippen LogP contribution in [0.5, 0.6) is 0 Å². The molecule has 78 valence electrons. The molecular formula is C10H16N2O2. The Morgan fingerprint density at radius 3 is 2.43 bits per heavy atom. The van der Waals surface area contributed by atoms with Crippen molar-refractivity contribution in [1.29, 1.82) is 0 Å². The Kier molecular flexibility index (Phi) is 7.17. The van der Waals surface area contributed by atoms with Crippen molar-refractivity contribution < 1.29 is 9.53 Å². The molecule has 4 nitrogen and oxygen atoms in total. The van der Waals surface area contributed by atoms with Crippen molar-refractivity contribution in [3.63, 3.8) is 0 Å². The average molecular weight is 196 g/mol. The molecule has 0 aromatic heterocycles. The van der Waals surface area contributed by atoms with E-state index >= 15 is 0 Å². The summed E-state index contributed by atoms with van der Waals surface area (Å²) in [5, 5.41) is 0. The zero-order valence-corrected chi connectivity index (χ0v) is 8.49. The van der Waals surface area contributed by atoms with Gasteiger partial charge in [-0.15, -0.1) is 0 Å². The number of hydrogen-bond acceptors (Lipinski definition) is 3. The summed E-state index contributed by atoms with van der Waals surface area (Å²) >= 11 is 0. The molecule has 14 heavy (non-hydrogen) atoms. The largest absolute Gasteiger partial charge is 0.444 e. The monoisotopic (exact) mass is 196 g/mol.